The smallest absolute Gasteiger partial charge is 0.335 e. The normalized spacial score (nSPS) is 9.95. The number of hydrogen-bond donors (Lipinski definition) is 1. The first kappa shape index (κ1) is 14.6. The molecule has 0 aliphatic rings. The number of aromatic carboxylic acids is 1. The molecule has 1 aromatic carbocycles. The molecule has 0 saturated carbocycles. The number of rotatable bonds is 6. The van der Waals surface area contributed by atoms with Crippen molar-refractivity contribution in [2.45, 2.75) is 19.3 Å². The van der Waals surface area contributed by atoms with Gasteiger partial charge in [-0.25, -0.2) is 4.79 Å². The Morgan fingerprint density at radius 2 is 2.11 bits per heavy atom. The van der Waals surface area contributed by atoms with Crippen LogP contribution < -0.4 is 0 Å². The van der Waals surface area contributed by atoms with Crippen LogP contribution in [0.25, 0.3) is 0 Å². The first-order valence-electron chi connectivity index (χ1n) is 5.53. The van der Waals surface area contributed by atoms with Gasteiger partial charge in [-0.3, -0.25) is 14.9 Å². The van der Waals surface area contributed by atoms with Crippen molar-refractivity contribution in [2.75, 3.05) is 7.11 Å². The zero-order valence-corrected chi connectivity index (χ0v) is 10.3. The average Bonchev–Trinajstić information content (AvgIpc) is 2.38. The maximum Gasteiger partial charge on any atom is 0.335 e. The van der Waals surface area contributed by atoms with Crippen LogP contribution in [0.15, 0.2) is 18.2 Å². The van der Waals surface area contributed by atoms with Crippen LogP contribution in [0.5, 0.6) is 0 Å². The van der Waals surface area contributed by atoms with Crippen LogP contribution in [0.4, 0.5) is 5.69 Å². The number of carbonyl (C=O) groups excluding carboxylic acids is 1. The van der Waals surface area contributed by atoms with E-state index in [0.29, 0.717) is 18.4 Å². The van der Waals surface area contributed by atoms with Crippen LogP contribution in [0.3, 0.4) is 0 Å². The molecule has 0 unspecified atom stereocenters. The Bertz CT molecular complexity index is 511. The van der Waals surface area contributed by atoms with Gasteiger partial charge in [-0.1, -0.05) is 6.07 Å². The Morgan fingerprint density at radius 3 is 2.63 bits per heavy atom. The van der Waals surface area contributed by atoms with E-state index in [1.807, 2.05) is 0 Å². The van der Waals surface area contributed by atoms with Crippen LogP contribution in [0, 0.1) is 10.1 Å². The predicted molar refractivity (Wildman–Crippen MR) is 65.0 cm³/mol. The van der Waals surface area contributed by atoms with Gasteiger partial charge in [0.1, 0.15) is 0 Å². The molecular formula is C12H13NO6. The number of esters is 1. The summed E-state index contributed by atoms with van der Waals surface area (Å²) in [7, 11) is 1.27. The van der Waals surface area contributed by atoms with Gasteiger partial charge in [-0.05, 0) is 18.9 Å². The molecule has 19 heavy (non-hydrogen) atoms. The molecule has 0 fully saturated rings. The highest BCUT2D eigenvalue weighted by Crippen LogP contribution is 2.22. The number of ether oxygens (including phenoxy) is 1. The number of carbonyl (C=O) groups is 2. The topological polar surface area (TPSA) is 107 Å². The van der Waals surface area contributed by atoms with Crippen LogP contribution in [0.2, 0.25) is 0 Å². The summed E-state index contributed by atoms with van der Waals surface area (Å²) in [5, 5.41) is 19.6. The van der Waals surface area contributed by atoms with Crippen molar-refractivity contribution < 1.29 is 24.4 Å². The number of methoxy groups -OCH3 is 1. The summed E-state index contributed by atoms with van der Waals surface area (Å²) < 4.78 is 4.47. The number of aryl methyl sites for hydroxylation is 1. The first-order valence-corrected chi connectivity index (χ1v) is 5.53. The Labute approximate surface area is 109 Å². The summed E-state index contributed by atoms with van der Waals surface area (Å²) in [5.74, 6) is -1.60. The summed E-state index contributed by atoms with van der Waals surface area (Å²) in [4.78, 5) is 31.9. The van der Waals surface area contributed by atoms with Gasteiger partial charge in [-0.15, -0.1) is 0 Å². The fourth-order valence-corrected chi connectivity index (χ4v) is 1.60. The summed E-state index contributed by atoms with van der Waals surface area (Å²) in [5.41, 5.74) is 0.0205. The van der Waals surface area contributed by atoms with Crippen molar-refractivity contribution in [3.8, 4) is 0 Å². The second kappa shape index (κ2) is 6.48. The third-order valence-electron chi connectivity index (χ3n) is 2.58. The SMILES string of the molecule is COC(=O)CCCc1ccc(C(=O)O)cc1[N+](=O)[O-]. The number of benzene rings is 1. The van der Waals surface area contributed by atoms with E-state index in [4.69, 9.17) is 5.11 Å². The van der Waals surface area contributed by atoms with Gasteiger partial charge in [0.25, 0.3) is 5.69 Å². The van der Waals surface area contributed by atoms with E-state index in [2.05, 4.69) is 4.74 Å². The van der Waals surface area contributed by atoms with Crippen molar-refractivity contribution in [2.24, 2.45) is 0 Å². The highest BCUT2D eigenvalue weighted by atomic mass is 16.6. The van der Waals surface area contributed by atoms with E-state index in [-0.39, 0.29) is 23.6 Å². The molecule has 1 N–H and O–H groups in total. The minimum absolute atomic E-state index is 0.136. The van der Waals surface area contributed by atoms with Gasteiger partial charge >= 0.3 is 11.9 Å². The molecule has 0 amide bonds. The molecule has 7 nitrogen and oxygen atoms in total. The molecular weight excluding hydrogens is 254 g/mol. The summed E-state index contributed by atoms with van der Waals surface area (Å²) in [6.07, 6.45) is 0.875. The quantitative estimate of drug-likeness (QED) is 0.478. The third kappa shape index (κ3) is 4.06. The second-order valence-electron chi connectivity index (χ2n) is 3.84. The van der Waals surface area contributed by atoms with Crippen LogP contribution in [-0.2, 0) is 16.0 Å². The van der Waals surface area contributed by atoms with Gasteiger partial charge in [0.05, 0.1) is 17.6 Å². The van der Waals surface area contributed by atoms with Crippen LogP contribution >= 0.6 is 0 Å². The third-order valence-corrected chi connectivity index (χ3v) is 2.58. The first-order chi connectivity index (χ1) is 8.95. The molecule has 0 radical (unpaired) electrons. The number of hydrogen-bond acceptors (Lipinski definition) is 5. The van der Waals surface area contributed by atoms with Crippen molar-refractivity contribution in [3.05, 3.63) is 39.4 Å². The molecule has 0 atom stereocenters. The van der Waals surface area contributed by atoms with E-state index < -0.39 is 10.9 Å². The highest BCUT2D eigenvalue weighted by molar-refractivity contribution is 5.88. The number of nitro groups is 1. The highest BCUT2D eigenvalue weighted by Gasteiger charge is 2.17. The fraction of sp³-hybridized carbons (Fsp3) is 0.333. The van der Waals surface area contributed by atoms with Gasteiger partial charge in [0.2, 0.25) is 0 Å². The molecule has 0 bridgehead atoms. The summed E-state index contributed by atoms with van der Waals surface area (Å²) in [6, 6.07) is 3.73. The Hall–Kier alpha value is -2.44. The number of carboxylic acid groups (broad SMARTS) is 1. The standard InChI is InChI=1S/C12H13NO6/c1-19-11(14)4-2-3-8-5-6-9(12(15)16)7-10(8)13(17)18/h5-7H,2-4H2,1H3,(H,15,16). The molecule has 0 heterocycles. The van der Waals surface area contributed by atoms with Gasteiger partial charge in [0, 0.05) is 18.1 Å². The van der Waals surface area contributed by atoms with Crippen molar-refractivity contribution in [1.82, 2.24) is 0 Å². The molecule has 0 aliphatic carbocycles. The minimum Gasteiger partial charge on any atom is -0.478 e. The maximum absolute atomic E-state index is 10.9. The van der Waals surface area contributed by atoms with Crippen molar-refractivity contribution >= 4 is 17.6 Å². The predicted octanol–water partition coefficient (Wildman–Crippen LogP) is 1.79. The maximum atomic E-state index is 10.9. The number of carboxylic acids is 1. The molecule has 1 aromatic rings. The average molecular weight is 267 g/mol. The molecule has 102 valence electrons. The molecule has 0 saturated heterocycles. The second-order valence-corrected chi connectivity index (χ2v) is 3.84. The summed E-state index contributed by atoms with van der Waals surface area (Å²) in [6.45, 7) is 0. The summed E-state index contributed by atoms with van der Waals surface area (Å²) >= 11 is 0. The Morgan fingerprint density at radius 1 is 1.42 bits per heavy atom. The number of nitrogens with zero attached hydrogens (tertiary/aromatic N) is 1. The largest absolute Gasteiger partial charge is 0.478 e. The van der Waals surface area contributed by atoms with E-state index in [1.165, 1.54) is 19.2 Å². The minimum atomic E-state index is -1.22. The lowest BCUT2D eigenvalue weighted by Crippen LogP contribution is -2.03. The van der Waals surface area contributed by atoms with Crippen LogP contribution in [-0.4, -0.2) is 29.1 Å². The lowest BCUT2D eigenvalue weighted by Gasteiger charge is -2.04. The Kier molecular flexibility index (Phi) is 4.99. The molecule has 0 aliphatic heterocycles. The van der Waals surface area contributed by atoms with Gasteiger partial charge in [-0.2, -0.15) is 0 Å². The monoisotopic (exact) mass is 267 g/mol. The number of nitro benzene ring substituents is 1. The molecule has 0 spiro atoms. The van der Waals surface area contributed by atoms with Gasteiger partial charge < -0.3 is 9.84 Å². The van der Waals surface area contributed by atoms with E-state index in [9.17, 15) is 19.7 Å². The fourth-order valence-electron chi connectivity index (χ4n) is 1.60. The Balaban J connectivity index is 2.85. The zero-order valence-electron chi connectivity index (χ0n) is 10.3. The molecule has 0 aromatic heterocycles. The van der Waals surface area contributed by atoms with E-state index >= 15 is 0 Å². The molecule has 7 heteroatoms. The lowest BCUT2D eigenvalue weighted by molar-refractivity contribution is -0.385. The van der Waals surface area contributed by atoms with Crippen molar-refractivity contribution in [1.29, 1.82) is 0 Å². The zero-order chi connectivity index (χ0) is 14.4. The lowest BCUT2D eigenvalue weighted by atomic mass is 10.0. The van der Waals surface area contributed by atoms with Crippen molar-refractivity contribution in [3.63, 3.8) is 0 Å². The van der Waals surface area contributed by atoms with Gasteiger partial charge in [0.15, 0.2) is 0 Å². The van der Waals surface area contributed by atoms with Crippen LogP contribution in [0.1, 0.15) is 28.8 Å². The van der Waals surface area contributed by atoms with E-state index in [1.54, 1.807) is 0 Å². The van der Waals surface area contributed by atoms with E-state index in [0.717, 1.165) is 6.07 Å². The molecule has 1 rings (SSSR count).